The van der Waals surface area contributed by atoms with Gasteiger partial charge in [-0.15, -0.1) is 11.3 Å². The maximum atomic E-state index is 10.9. The summed E-state index contributed by atoms with van der Waals surface area (Å²) in [4.78, 5) is 15.5. The van der Waals surface area contributed by atoms with Crippen LogP contribution in [0.25, 0.3) is 0 Å². The molecule has 4 heteroatoms. The van der Waals surface area contributed by atoms with Crippen molar-refractivity contribution in [1.82, 2.24) is 4.98 Å². The number of nitrogens with zero attached hydrogens (tertiary/aromatic N) is 1. The second-order valence-electron chi connectivity index (χ2n) is 5.68. The van der Waals surface area contributed by atoms with E-state index in [0.717, 1.165) is 17.1 Å². The van der Waals surface area contributed by atoms with E-state index >= 15 is 0 Å². The summed E-state index contributed by atoms with van der Waals surface area (Å²) in [5.41, 5.74) is 1.16. The van der Waals surface area contributed by atoms with E-state index < -0.39 is 5.97 Å². The van der Waals surface area contributed by atoms with Gasteiger partial charge in [0.2, 0.25) is 0 Å². The van der Waals surface area contributed by atoms with Gasteiger partial charge in [0, 0.05) is 17.2 Å². The monoisotopic (exact) mass is 255 g/mol. The molecule has 0 aromatic carbocycles. The zero-order valence-corrected chi connectivity index (χ0v) is 12.0. The van der Waals surface area contributed by atoms with Crippen LogP contribution in [-0.4, -0.2) is 16.1 Å². The molecule has 0 spiro atoms. The summed E-state index contributed by atoms with van der Waals surface area (Å²) in [6.07, 6.45) is 0.744. The molecular formula is C13H21NO2S. The molecular weight excluding hydrogens is 234 g/mol. The number of carboxylic acid groups (broad SMARTS) is 1. The summed E-state index contributed by atoms with van der Waals surface area (Å²) in [7, 11) is 0. The minimum atomic E-state index is -0.731. The molecule has 1 aromatic heterocycles. The van der Waals surface area contributed by atoms with Gasteiger partial charge in [-0.25, -0.2) is 4.98 Å². The highest BCUT2D eigenvalue weighted by atomic mass is 32.1. The normalized spacial score (nSPS) is 15.6. The van der Waals surface area contributed by atoms with E-state index in [1.165, 1.54) is 0 Å². The van der Waals surface area contributed by atoms with Gasteiger partial charge >= 0.3 is 5.97 Å². The Morgan fingerprint density at radius 2 is 2.06 bits per heavy atom. The Bertz CT molecular complexity index is 392. The van der Waals surface area contributed by atoms with Gasteiger partial charge in [-0.2, -0.15) is 0 Å². The lowest BCUT2D eigenvalue weighted by molar-refractivity contribution is -0.142. The zero-order chi connectivity index (χ0) is 13.2. The Labute approximate surface area is 107 Å². The highest BCUT2D eigenvalue weighted by Gasteiger charge is 2.22. The topological polar surface area (TPSA) is 50.2 Å². The number of aliphatic carboxylic acids is 1. The fraction of sp³-hybridized carbons (Fsp3) is 0.692. The molecule has 0 aliphatic rings. The number of rotatable bonds is 4. The van der Waals surface area contributed by atoms with Gasteiger partial charge in [0.25, 0.3) is 0 Å². The van der Waals surface area contributed by atoms with E-state index in [4.69, 9.17) is 5.11 Å². The number of thiazole rings is 1. The molecule has 96 valence electrons. The molecule has 0 amide bonds. The lowest BCUT2D eigenvalue weighted by Gasteiger charge is -2.15. The van der Waals surface area contributed by atoms with Crippen molar-refractivity contribution in [3.8, 4) is 0 Å². The van der Waals surface area contributed by atoms with Gasteiger partial charge in [0.05, 0.1) is 16.6 Å². The first-order valence-electron chi connectivity index (χ1n) is 5.89. The SMILES string of the molecule is CC(Cc1nc(C(C)(C)C)cs1)C(C)C(=O)O. The molecule has 2 atom stereocenters. The standard InChI is InChI=1S/C13H21NO2S/c1-8(9(2)12(15)16)6-11-14-10(7-17-11)13(3,4)5/h7-9H,6H2,1-5H3,(H,15,16). The summed E-state index contributed by atoms with van der Waals surface area (Å²) >= 11 is 1.63. The number of hydrogen-bond acceptors (Lipinski definition) is 3. The Hall–Kier alpha value is -0.900. The third-order valence-electron chi connectivity index (χ3n) is 3.06. The van der Waals surface area contributed by atoms with Crippen LogP contribution in [0.5, 0.6) is 0 Å². The minimum absolute atomic E-state index is 0.0659. The smallest absolute Gasteiger partial charge is 0.306 e. The molecule has 1 heterocycles. The minimum Gasteiger partial charge on any atom is -0.481 e. The zero-order valence-electron chi connectivity index (χ0n) is 11.2. The second kappa shape index (κ2) is 5.17. The van der Waals surface area contributed by atoms with Crippen LogP contribution in [0.15, 0.2) is 5.38 Å². The lowest BCUT2D eigenvalue weighted by atomic mass is 9.92. The van der Waals surface area contributed by atoms with Crippen molar-refractivity contribution in [1.29, 1.82) is 0 Å². The summed E-state index contributed by atoms with van der Waals surface area (Å²) < 4.78 is 0. The summed E-state index contributed by atoms with van der Waals surface area (Å²) in [6, 6.07) is 0. The molecule has 0 saturated heterocycles. The first-order valence-corrected chi connectivity index (χ1v) is 6.77. The van der Waals surface area contributed by atoms with E-state index in [1.54, 1.807) is 18.3 Å². The molecule has 0 bridgehead atoms. The Kier molecular flexibility index (Phi) is 4.31. The average Bonchev–Trinajstić information content (AvgIpc) is 2.64. The third kappa shape index (κ3) is 3.80. The van der Waals surface area contributed by atoms with Gasteiger partial charge in [0.15, 0.2) is 0 Å². The van der Waals surface area contributed by atoms with Crippen molar-refractivity contribution in [3.63, 3.8) is 0 Å². The number of carbonyl (C=O) groups is 1. The largest absolute Gasteiger partial charge is 0.481 e. The van der Waals surface area contributed by atoms with Gasteiger partial charge in [-0.3, -0.25) is 4.79 Å². The Morgan fingerprint density at radius 1 is 1.47 bits per heavy atom. The van der Waals surface area contributed by atoms with Crippen LogP contribution in [0.4, 0.5) is 0 Å². The molecule has 1 N–H and O–H groups in total. The van der Waals surface area contributed by atoms with Gasteiger partial charge < -0.3 is 5.11 Å². The fourth-order valence-electron chi connectivity index (χ4n) is 1.44. The van der Waals surface area contributed by atoms with Crippen molar-refractivity contribution in [2.45, 2.75) is 46.5 Å². The predicted molar refractivity (Wildman–Crippen MR) is 70.5 cm³/mol. The van der Waals surface area contributed by atoms with Crippen LogP contribution in [0.2, 0.25) is 0 Å². The number of aromatic nitrogens is 1. The Morgan fingerprint density at radius 3 is 2.47 bits per heavy atom. The predicted octanol–water partition coefficient (Wildman–Crippen LogP) is 3.34. The molecule has 2 unspecified atom stereocenters. The summed E-state index contributed by atoms with van der Waals surface area (Å²) in [6.45, 7) is 10.1. The van der Waals surface area contributed by atoms with E-state index in [-0.39, 0.29) is 17.3 Å². The van der Waals surface area contributed by atoms with E-state index in [9.17, 15) is 4.79 Å². The first kappa shape index (κ1) is 14.2. The van der Waals surface area contributed by atoms with Crippen molar-refractivity contribution in [2.75, 3.05) is 0 Å². The van der Waals surface area contributed by atoms with E-state index in [2.05, 4.69) is 31.1 Å². The highest BCUT2D eigenvalue weighted by Crippen LogP contribution is 2.26. The molecule has 0 aliphatic carbocycles. The second-order valence-corrected chi connectivity index (χ2v) is 6.63. The van der Waals surface area contributed by atoms with Crippen LogP contribution in [0.3, 0.4) is 0 Å². The Balaban J connectivity index is 2.70. The number of carboxylic acids is 1. The van der Waals surface area contributed by atoms with E-state index in [0.29, 0.717) is 0 Å². The molecule has 1 rings (SSSR count). The molecule has 0 radical (unpaired) electrons. The van der Waals surface area contributed by atoms with Crippen molar-refractivity contribution < 1.29 is 9.90 Å². The molecule has 17 heavy (non-hydrogen) atoms. The van der Waals surface area contributed by atoms with Crippen LogP contribution in [0, 0.1) is 11.8 Å². The molecule has 0 aliphatic heterocycles. The fourth-order valence-corrected chi connectivity index (χ4v) is 2.61. The van der Waals surface area contributed by atoms with Gasteiger partial charge in [0.1, 0.15) is 0 Å². The molecule has 1 aromatic rings. The summed E-state index contributed by atoms with van der Waals surface area (Å²) in [5, 5.41) is 12.1. The molecule has 3 nitrogen and oxygen atoms in total. The van der Waals surface area contributed by atoms with Gasteiger partial charge in [-0.05, 0) is 5.92 Å². The van der Waals surface area contributed by atoms with Crippen molar-refractivity contribution >= 4 is 17.3 Å². The maximum Gasteiger partial charge on any atom is 0.306 e. The average molecular weight is 255 g/mol. The first-order chi connectivity index (χ1) is 7.71. The quantitative estimate of drug-likeness (QED) is 0.897. The van der Waals surface area contributed by atoms with Gasteiger partial charge in [-0.1, -0.05) is 34.6 Å². The van der Waals surface area contributed by atoms with E-state index in [1.807, 2.05) is 6.92 Å². The highest BCUT2D eigenvalue weighted by molar-refractivity contribution is 7.09. The van der Waals surface area contributed by atoms with Crippen molar-refractivity contribution in [3.05, 3.63) is 16.1 Å². The van der Waals surface area contributed by atoms with Crippen LogP contribution in [-0.2, 0) is 16.6 Å². The third-order valence-corrected chi connectivity index (χ3v) is 3.93. The molecule has 0 saturated carbocycles. The lowest BCUT2D eigenvalue weighted by Crippen LogP contribution is -2.20. The molecule has 0 fully saturated rings. The maximum absolute atomic E-state index is 10.9. The van der Waals surface area contributed by atoms with Crippen LogP contribution >= 0.6 is 11.3 Å². The number of hydrogen-bond donors (Lipinski definition) is 1. The van der Waals surface area contributed by atoms with Crippen LogP contribution < -0.4 is 0 Å². The van der Waals surface area contributed by atoms with Crippen LogP contribution in [0.1, 0.15) is 45.3 Å². The van der Waals surface area contributed by atoms with Crippen molar-refractivity contribution in [2.24, 2.45) is 11.8 Å². The summed E-state index contributed by atoms with van der Waals surface area (Å²) in [5.74, 6) is -0.937.